The van der Waals surface area contributed by atoms with Crippen LogP contribution in [-0.4, -0.2) is 47.5 Å². The molecule has 0 amide bonds. The molecule has 1 saturated heterocycles. The van der Waals surface area contributed by atoms with Crippen molar-refractivity contribution in [2.45, 2.75) is 47.8 Å². The minimum absolute atomic E-state index is 0.0296. The normalized spacial score (nSPS) is 21.7. The summed E-state index contributed by atoms with van der Waals surface area (Å²) in [5.41, 5.74) is -0.715. The van der Waals surface area contributed by atoms with Crippen LogP contribution < -0.4 is 4.72 Å². The predicted molar refractivity (Wildman–Crippen MR) is 90.8 cm³/mol. The molecular formula is C14H21NO6S3. The summed E-state index contributed by atoms with van der Waals surface area (Å²) in [7, 11) is -11.1. The summed E-state index contributed by atoms with van der Waals surface area (Å²) in [5, 5.41) is -1.03. The molecule has 1 atom stereocenters. The fourth-order valence-corrected chi connectivity index (χ4v) is 8.42. The van der Waals surface area contributed by atoms with Crippen molar-refractivity contribution in [3.05, 3.63) is 24.3 Å². The van der Waals surface area contributed by atoms with Gasteiger partial charge in [-0.2, -0.15) is 0 Å². The van der Waals surface area contributed by atoms with Crippen molar-refractivity contribution >= 4 is 29.7 Å². The quantitative estimate of drug-likeness (QED) is 0.803. The Morgan fingerprint density at radius 2 is 1.67 bits per heavy atom. The number of hydrogen-bond donors (Lipinski definition) is 1. The number of hydrogen-bond acceptors (Lipinski definition) is 6. The van der Waals surface area contributed by atoms with Crippen LogP contribution in [0.25, 0.3) is 0 Å². The second kappa shape index (κ2) is 6.08. The van der Waals surface area contributed by atoms with E-state index in [1.807, 2.05) is 0 Å². The molecular weight excluding hydrogens is 374 g/mol. The van der Waals surface area contributed by atoms with Crippen molar-refractivity contribution < 1.29 is 25.3 Å². The number of sulfonamides is 1. The smallest absolute Gasteiger partial charge is 0.229 e. The van der Waals surface area contributed by atoms with E-state index in [1.54, 1.807) is 20.8 Å². The molecule has 10 heteroatoms. The monoisotopic (exact) mass is 395 g/mol. The van der Waals surface area contributed by atoms with Crippen molar-refractivity contribution in [1.29, 1.82) is 0 Å². The summed E-state index contributed by atoms with van der Waals surface area (Å²) in [5.74, 6) is -0.590. The molecule has 0 saturated carbocycles. The van der Waals surface area contributed by atoms with Gasteiger partial charge in [-0.3, -0.25) is 0 Å². The van der Waals surface area contributed by atoms with Gasteiger partial charge >= 0.3 is 0 Å². The van der Waals surface area contributed by atoms with Crippen molar-refractivity contribution in [3.8, 4) is 0 Å². The van der Waals surface area contributed by atoms with Crippen molar-refractivity contribution in [2.24, 2.45) is 0 Å². The fourth-order valence-electron chi connectivity index (χ4n) is 2.48. The summed E-state index contributed by atoms with van der Waals surface area (Å²) in [4.78, 5) is -0.347. The molecule has 2 rings (SSSR count). The van der Waals surface area contributed by atoms with E-state index in [-0.39, 0.29) is 22.0 Å². The zero-order valence-corrected chi connectivity index (χ0v) is 16.1. The zero-order chi connectivity index (χ0) is 18.4. The van der Waals surface area contributed by atoms with Gasteiger partial charge in [0.2, 0.25) is 10.0 Å². The van der Waals surface area contributed by atoms with E-state index in [1.165, 1.54) is 18.2 Å². The number of benzene rings is 1. The summed E-state index contributed by atoms with van der Waals surface area (Å²) < 4.78 is 75.4. The molecule has 0 spiro atoms. The topological polar surface area (TPSA) is 114 Å². The fraction of sp³-hybridized carbons (Fsp3) is 0.571. The average Bonchev–Trinajstić information content (AvgIpc) is 2.77. The first-order chi connectivity index (χ1) is 10.7. The van der Waals surface area contributed by atoms with Crippen LogP contribution in [0.15, 0.2) is 34.1 Å². The summed E-state index contributed by atoms with van der Waals surface area (Å²) in [6.45, 7) is 5.03. The van der Waals surface area contributed by atoms with Crippen LogP contribution in [0.3, 0.4) is 0 Å². The Morgan fingerprint density at radius 3 is 2.17 bits per heavy atom. The lowest BCUT2D eigenvalue weighted by molar-refractivity contribution is 0.491. The lowest BCUT2D eigenvalue weighted by Crippen LogP contribution is -2.40. The van der Waals surface area contributed by atoms with Crippen LogP contribution in [0.4, 0.5) is 0 Å². The number of nitrogens with one attached hydrogen (secondary N) is 1. The highest BCUT2D eigenvalue weighted by Gasteiger charge is 2.38. The molecule has 0 bridgehead atoms. The van der Waals surface area contributed by atoms with Crippen LogP contribution in [0, 0.1) is 0 Å². The Morgan fingerprint density at radius 1 is 1.08 bits per heavy atom. The van der Waals surface area contributed by atoms with Crippen LogP contribution in [-0.2, 0) is 29.7 Å². The molecule has 1 aromatic rings. The average molecular weight is 396 g/mol. The Labute approximate surface area is 143 Å². The van der Waals surface area contributed by atoms with Gasteiger partial charge in [-0.15, -0.1) is 0 Å². The maximum absolute atomic E-state index is 12.6. The summed E-state index contributed by atoms with van der Waals surface area (Å²) in [6.07, 6.45) is 0.0296. The molecule has 0 aliphatic carbocycles. The maximum atomic E-state index is 12.6. The van der Waals surface area contributed by atoms with Gasteiger partial charge < -0.3 is 0 Å². The highest BCUT2D eigenvalue weighted by Crippen LogP contribution is 2.27. The first-order valence-corrected chi connectivity index (χ1v) is 12.2. The molecule has 1 fully saturated rings. The van der Waals surface area contributed by atoms with Gasteiger partial charge in [-0.1, -0.05) is 6.07 Å². The zero-order valence-electron chi connectivity index (χ0n) is 13.7. The van der Waals surface area contributed by atoms with Gasteiger partial charge in [0, 0.05) is 5.54 Å². The standard InChI is InChI=1S/C14H21NO6S3/c1-14(2,3)15-24(20,21)12-6-4-5-11(9-12)23(18,19)13-7-8-22(16,17)10-13/h4-6,9,13,15H,7-8,10H2,1-3H3. The molecule has 24 heavy (non-hydrogen) atoms. The van der Waals surface area contributed by atoms with E-state index in [9.17, 15) is 25.3 Å². The Bertz CT molecular complexity index is 940. The van der Waals surface area contributed by atoms with Gasteiger partial charge in [0.1, 0.15) is 0 Å². The molecule has 1 aliphatic rings. The van der Waals surface area contributed by atoms with E-state index in [4.69, 9.17) is 0 Å². The van der Waals surface area contributed by atoms with E-state index >= 15 is 0 Å². The van der Waals surface area contributed by atoms with Gasteiger partial charge in [0.25, 0.3) is 0 Å². The highest BCUT2D eigenvalue weighted by molar-refractivity contribution is 7.96. The maximum Gasteiger partial charge on any atom is 0.241 e. The lowest BCUT2D eigenvalue weighted by Gasteiger charge is -2.20. The van der Waals surface area contributed by atoms with Crippen LogP contribution in [0.1, 0.15) is 27.2 Å². The molecule has 0 aromatic heterocycles. The van der Waals surface area contributed by atoms with Crippen LogP contribution in [0.2, 0.25) is 0 Å². The van der Waals surface area contributed by atoms with E-state index in [0.29, 0.717) is 0 Å². The summed E-state index contributed by atoms with van der Waals surface area (Å²) >= 11 is 0. The molecule has 7 nitrogen and oxygen atoms in total. The molecule has 1 aromatic carbocycles. The second-order valence-corrected chi connectivity index (χ2v) is 13.0. The predicted octanol–water partition coefficient (Wildman–Crippen LogP) is 0.724. The van der Waals surface area contributed by atoms with Crippen LogP contribution >= 0.6 is 0 Å². The largest absolute Gasteiger partial charge is 0.241 e. The van der Waals surface area contributed by atoms with Gasteiger partial charge in [-0.25, -0.2) is 30.0 Å². The number of rotatable bonds is 4. The third-order valence-electron chi connectivity index (χ3n) is 3.51. The first kappa shape index (κ1) is 19.4. The van der Waals surface area contributed by atoms with Crippen LogP contribution in [0.5, 0.6) is 0 Å². The minimum atomic E-state index is -3.91. The number of sulfone groups is 2. The molecule has 1 aliphatic heterocycles. The van der Waals surface area contributed by atoms with Gasteiger partial charge in [0.05, 0.1) is 26.5 Å². The molecule has 136 valence electrons. The third-order valence-corrected chi connectivity index (χ3v) is 9.44. The summed E-state index contributed by atoms with van der Waals surface area (Å²) in [6, 6.07) is 5.01. The van der Waals surface area contributed by atoms with Crippen molar-refractivity contribution in [2.75, 3.05) is 11.5 Å². The lowest BCUT2D eigenvalue weighted by atomic mass is 10.1. The van der Waals surface area contributed by atoms with Gasteiger partial charge in [0.15, 0.2) is 19.7 Å². The molecule has 1 N–H and O–H groups in total. The molecule has 0 radical (unpaired) electrons. The first-order valence-electron chi connectivity index (χ1n) is 7.31. The highest BCUT2D eigenvalue weighted by atomic mass is 32.2. The van der Waals surface area contributed by atoms with E-state index < -0.39 is 46.2 Å². The minimum Gasteiger partial charge on any atom is -0.229 e. The SMILES string of the molecule is CC(C)(C)NS(=O)(=O)c1cccc(S(=O)(=O)C2CCS(=O)(=O)C2)c1. The Kier molecular flexibility index (Phi) is 4.90. The Balaban J connectivity index is 2.41. The molecule has 1 heterocycles. The second-order valence-electron chi connectivity index (χ2n) is 6.90. The van der Waals surface area contributed by atoms with E-state index in [0.717, 1.165) is 6.07 Å². The molecule has 1 unspecified atom stereocenters. The van der Waals surface area contributed by atoms with Crippen molar-refractivity contribution in [3.63, 3.8) is 0 Å². The Hall–Kier alpha value is -0.970. The van der Waals surface area contributed by atoms with Gasteiger partial charge in [-0.05, 0) is 45.4 Å². The third kappa shape index (κ3) is 4.35. The van der Waals surface area contributed by atoms with Crippen molar-refractivity contribution in [1.82, 2.24) is 4.72 Å². The van der Waals surface area contributed by atoms with E-state index in [2.05, 4.69) is 4.72 Å².